The number of nitrogen functional groups attached to an aromatic ring is 1. The van der Waals surface area contributed by atoms with Crippen LogP contribution in [0.4, 0.5) is 5.82 Å². The Morgan fingerprint density at radius 1 is 1.64 bits per heavy atom. The number of nitrogens with one attached hydrogen (secondary N) is 1. The lowest BCUT2D eigenvalue weighted by Gasteiger charge is -2.08. The predicted molar refractivity (Wildman–Crippen MR) is 54.1 cm³/mol. The number of hydrogen-bond donors (Lipinski definition) is 2. The quantitative estimate of drug-likeness (QED) is 0.790. The Bertz CT molecular complexity index is 399. The van der Waals surface area contributed by atoms with Crippen molar-refractivity contribution in [3.63, 3.8) is 0 Å². The monoisotopic (exact) mass is 211 g/mol. The van der Waals surface area contributed by atoms with Gasteiger partial charge in [-0.1, -0.05) is 11.6 Å². The number of H-pyrrole nitrogens is 1. The zero-order valence-corrected chi connectivity index (χ0v) is 8.36. The lowest BCUT2D eigenvalue weighted by Crippen LogP contribution is -2.06. The van der Waals surface area contributed by atoms with E-state index in [1.165, 1.54) is 0 Å². The Hall–Kier alpha value is -1.49. The Kier molecular flexibility index (Phi) is 2.17. The smallest absolute Gasteiger partial charge is 0.164 e. The van der Waals surface area contributed by atoms with Gasteiger partial charge < -0.3 is 5.73 Å². The van der Waals surface area contributed by atoms with Crippen molar-refractivity contribution in [2.24, 2.45) is 0 Å². The van der Waals surface area contributed by atoms with Gasteiger partial charge in [0.05, 0.1) is 12.2 Å². The Labute approximate surface area is 85.9 Å². The van der Waals surface area contributed by atoms with Gasteiger partial charge in [0.1, 0.15) is 5.02 Å². The third kappa shape index (κ3) is 1.46. The third-order valence-electron chi connectivity index (χ3n) is 2.11. The summed E-state index contributed by atoms with van der Waals surface area (Å²) >= 11 is 5.80. The first-order valence-corrected chi connectivity index (χ1v) is 4.55. The van der Waals surface area contributed by atoms with Gasteiger partial charge in [-0.2, -0.15) is 10.2 Å². The molecule has 2 aromatic rings. The average Bonchev–Trinajstić information content (AvgIpc) is 2.76. The van der Waals surface area contributed by atoms with Crippen molar-refractivity contribution in [1.29, 1.82) is 0 Å². The van der Waals surface area contributed by atoms with Gasteiger partial charge in [0, 0.05) is 18.0 Å². The molecule has 0 aromatic carbocycles. The fraction of sp³-hybridized carbons (Fsp3) is 0.250. The molecule has 0 aliphatic heterocycles. The van der Waals surface area contributed by atoms with Crippen molar-refractivity contribution in [2.75, 3.05) is 5.73 Å². The first-order valence-electron chi connectivity index (χ1n) is 4.17. The summed E-state index contributed by atoms with van der Waals surface area (Å²) in [7, 11) is 0. The minimum atomic E-state index is 0.0727. The Morgan fingerprint density at radius 3 is 2.93 bits per heavy atom. The van der Waals surface area contributed by atoms with E-state index in [4.69, 9.17) is 17.3 Å². The highest BCUT2D eigenvalue weighted by Gasteiger charge is 2.11. The number of anilines is 1. The molecule has 2 aromatic heterocycles. The molecule has 0 aliphatic rings. The summed E-state index contributed by atoms with van der Waals surface area (Å²) in [6, 6.07) is 0.0727. The highest BCUT2D eigenvalue weighted by molar-refractivity contribution is 6.32. The van der Waals surface area contributed by atoms with E-state index in [2.05, 4.69) is 15.3 Å². The summed E-state index contributed by atoms with van der Waals surface area (Å²) < 4.78 is 1.71. The SMILES string of the molecule is CC(c1cn[nH]c1)n1cc(Cl)c(N)n1. The van der Waals surface area contributed by atoms with Crippen molar-refractivity contribution < 1.29 is 0 Å². The summed E-state index contributed by atoms with van der Waals surface area (Å²) in [5, 5.41) is 11.2. The van der Waals surface area contributed by atoms with E-state index in [1.54, 1.807) is 17.1 Å². The minimum Gasteiger partial charge on any atom is -0.381 e. The molecular formula is C8H10ClN5. The van der Waals surface area contributed by atoms with Crippen molar-refractivity contribution in [1.82, 2.24) is 20.0 Å². The number of nitrogens with zero attached hydrogens (tertiary/aromatic N) is 3. The van der Waals surface area contributed by atoms with Gasteiger partial charge in [0.2, 0.25) is 0 Å². The van der Waals surface area contributed by atoms with Crippen LogP contribution in [0, 0.1) is 0 Å². The molecule has 0 saturated carbocycles. The molecule has 6 heteroatoms. The van der Waals surface area contributed by atoms with Gasteiger partial charge in [-0.3, -0.25) is 9.78 Å². The zero-order valence-electron chi connectivity index (χ0n) is 7.61. The van der Waals surface area contributed by atoms with E-state index in [0.717, 1.165) is 5.56 Å². The molecule has 1 unspecified atom stereocenters. The Morgan fingerprint density at radius 2 is 2.43 bits per heavy atom. The molecule has 0 bridgehead atoms. The molecule has 0 radical (unpaired) electrons. The molecule has 2 heterocycles. The van der Waals surface area contributed by atoms with E-state index in [1.807, 2.05) is 13.1 Å². The second-order valence-electron chi connectivity index (χ2n) is 3.05. The largest absolute Gasteiger partial charge is 0.381 e. The van der Waals surface area contributed by atoms with Crippen LogP contribution in [0.15, 0.2) is 18.6 Å². The number of halogens is 1. The molecule has 1 atom stereocenters. The van der Waals surface area contributed by atoms with E-state index >= 15 is 0 Å². The van der Waals surface area contributed by atoms with Crippen LogP contribution in [-0.4, -0.2) is 20.0 Å². The molecule has 3 N–H and O–H groups in total. The second kappa shape index (κ2) is 3.34. The summed E-state index contributed by atoms with van der Waals surface area (Å²) in [6.45, 7) is 1.99. The highest BCUT2D eigenvalue weighted by atomic mass is 35.5. The minimum absolute atomic E-state index is 0.0727. The third-order valence-corrected chi connectivity index (χ3v) is 2.40. The van der Waals surface area contributed by atoms with Crippen LogP contribution in [0.2, 0.25) is 5.02 Å². The topological polar surface area (TPSA) is 72.5 Å². The second-order valence-corrected chi connectivity index (χ2v) is 3.46. The first kappa shape index (κ1) is 9.08. The zero-order chi connectivity index (χ0) is 10.1. The van der Waals surface area contributed by atoms with Crippen molar-refractivity contribution >= 4 is 17.4 Å². The number of hydrogen-bond acceptors (Lipinski definition) is 3. The van der Waals surface area contributed by atoms with Crippen LogP contribution < -0.4 is 5.73 Å². The fourth-order valence-corrected chi connectivity index (χ4v) is 1.36. The van der Waals surface area contributed by atoms with Crippen molar-refractivity contribution in [3.8, 4) is 0 Å². The molecule has 0 fully saturated rings. The standard InChI is InChI=1S/C8H10ClN5/c1-5(6-2-11-12-3-6)14-4-7(9)8(10)13-14/h2-5H,1H3,(H2,10,13)(H,11,12). The fourth-order valence-electron chi connectivity index (χ4n) is 1.22. The van der Waals surface area contributed by atoms with Crippen LogP contribution in [0.3, 0.4) is 0 Å². The Balaban J connectivity index is 2.32. The maximum Gasteiger partial charge on any atom is 0.164 e. The summed E-state index contributed by atoms with van der Waals surface area (Å²) in [6.07, 6.45) is 5.27. The van der Waals surface area contributed by atoms with Crippen LogP contribution in [0.5, 0.6) is 0 Å². The van der Waals surface area contributed by atoms with Crippen LogP contribution in [0.1, 0.15) is 18.5 Å². The predicted octanol–water partition coefficient (Wildman–Crippen LogP) is 1.45. The van der Waals surface area contributed by atoms with Gasteiger partial charge in [-0.25, -0.2) is 0 Å². The molecule has 0 aliphatic carbocycles. The molecule has 0 spiro atoms. The average molecular weight is 212 g/mol. The number of aromatic amines is 1. The van der Waals surface area contributed by atoms with E-state index in [9.17, 15) is 0 Å². The van der Waals surface area contributed by atoms with E-state index in [0.29, 0.717) is 10.8 Å². The maximum absolute atomic E-state index is 5.80. The van der Waals surface area contributed by atoms with Crippen LogP contribution >= 0.6 is 11.6 Å². The van der Waals surface area contributed by atoms with Gasteiger partial charge >= 0.3 is 0 Å². The maximum atomic E-state index is 5.80. The number of rotatable bonds is 2. The van der Waals surface area contributed by atoms with Crippen LogP contribution in [-0.2, 0) is 0 Å². The molecule has 74 valence electrons. The van der Waals surface area contributed by atoms with Crippen molar-refractivity contribution in [2.45, 2.75) is 13.0 Å². The molecule has 5 nitrogen and oxygen atoms in total. The molecule has 0 amide bonds. The lowest BCUT2D eigenvalue weighted by molar-refractivity contribution is 0.567. The highest BCUT2D eigenvalue weighted by Crippen LogP contribution is 2.21. The van der Waals surface area contributed by atoms with Crippen LogP contribution in [0.25, 0.3) is 0 Å². The summed E-state index contributed by atoms with van der Waals surface area (Å²) in [5.41, 5.74) is 6.58. The normalized spacial score (nSPS) is 13.0. The molecule has 2 rings (SSSR count). The van der Waals surface area contributed by atoms with Crippen molar-refractivity contribution in [3.05, 3.63) is 29.2 Å². The van der Waals surface area contributed by atoms with E-state index < -0.39 is 0 Å². The van der Waals surface area contributed by atoms with Gasteiger partial charge in [-0.15, -0.1) is 0 Å². The lowest BCUT2D eigenvalue weighted by atomic mass is 10.2. The molecule has 0 saturated heterocycles. The van der Waals surface area contributed by atoms with Gasteiger partial charge in [-0.05, 0) is 6.92 Å². The van der Waals surface area contributed by atoms with E-state index in [-0.39, 0.29) is 6.04 Å². The number of aromatic nitrogens is 4. The summed E-state index contributed by atoms with van der Waals surface area (Å²) in [5.74, 6) is 0.349. The summed E-state index contributed by atoms with van der Waals surface area (Å²) in [4.78, 5) is 0. The molecular weight excluding hydrogens is 202 g/mol. The first-order chi connectivity index (χ1) is 6.68. The molecule has 14 heavy (non-hydrogen) atoms. The van der Waals surface area contributed by atoms with Gasteiger partial charge in [0.25, 0.3) is 0 Å². The number of nitrogens with two attached hydrogens (primary N) is 1. The van der Waals surface area contributed by atoms with Gasteiger partial charge in [0.15, 0.2) is 5.82 Å².